The summed E-state index contributed by atoms with van der Waals surface area (Å²) in [5.41, 5.74) is 3.54. The van der Waals surface area contributed by atoms with E-state index in [0.717, 1.165) is 22.5 Å². The topological polar surface area (TPSA) is 79.9 Å². The molecule has 0 spiro atoms. The number of hydrogen-bond donors (Lipinski definition) is 2. The van der Waals surface area contributed by atoms with E-state index in [9.17, 15) is 4.79 Å². The number of H-pyrrole nitrogens is 1. The molecule has 0 amide bonds. The van der Waals surface area contributed by atoms with Crippen molar-refractivity contribution in [2.45, 2.75) is 20.0 Å². The molecule has 0 fully saturated rings. The van der Waals surface area contributed by atoms with E-state index in [1.165, 1.54) is 0 Å². The average molecular weight is 372 g/mol. The molecular formula is C22H20N4O2. The zero-order valence-corrected chi connectivity index (χ0v) is 15.5. The molecule has 6 nitrogen and oxygen atoms in total. The fourth-order valence-electron chi connectivity index (χ4n) is 2.96. The van der Waals surface area contributed by atoms with Crippen LogP contribution in [0, 0.1) is 6.92 Å². The van der Waals surface area contributed by atoms with Gasteiger partial charge in [0.05, 0.1) is 6.20 Å². The van der Waals surface area contributed by atoms with Crippen molar-refractivity contribution in [3.63, 3.8) is 0 Å². The summed E-state index contributed by atoms with van der Waals surface area (Å²) in [7, 11) is 0. The first kappa shape index (κ1) is 17.9. The van der Waals surface area contributed by atoms with Crippen LogP contribution in [0.25, 0.3) is 10.9 Å². The number of nitrogens with one attached hydrogen (secondary N) is 2. The van der Waals surface area contributed by atoms with Gasteiger partial charge < -0.3 is 15.0 Å². The van der Waals surface area contributed by atoms with Crippen LogP contribution in [0.2, 0.25) is 0 Å². The number of benzene rings is 1. The Morgan fingerprint density at radius 2 is 1.93 bits per heavy atom. The first-order chi connectivity index (χ1) is 13.7. The Kier molecular flexibility index (Phi) is 5.12. The van der Waals surface area contributed by atoms with Crippen LogP contribution < -0.4 is 15.5 Å². The Morgan fingerprint density at radius 3 is 2.79 bits per heavy atom. The highest BCUT2D eigenvalue weighted by molar-refractivity contribution is 5.78. The molecule has 0 aliphatic carbocycles. The summed E-state index contributed by atoms with van der Waals surface area (Å²) in [6, 6.07) is 16.7. The van der Waals surface area contributed by atoms with Crippen LogP contribution in [0.1, 0.15) is 17.0 Å². The molecular weight excluding hydrogens is 352 g/mol. The van der Waals surface area contributed by atoms with E-state index >= 15 is 0 Å². The maximum atomic E-state index is 12.2. The molecule has 140 valence electrons. The van der Waals surface area contributed by atoms with Crippen LogP contribution in [0.4, 0.5) is 0 Å². The van der Waals surface area contributed by atoms with Gasteiger partial charge in [-0.2, -0.15) is 0 Å². The van der Waals surface area contributed by atoms with Gasteiger partial charge in [-0.25, -0.2) is 4.98 Å². The van der Waals surface area contributed by atoms with Gasteiger partial charge in [-0.05, 0) is 37.3 Å². The monoisotopic (exact) mass is 372 g/mol. The molecule has 0 atom stereocenters. The second kappa shape index (κ2) is 8.02. The van der Waals surface area contributed by atoms with E-state index < -0.39 is 0 Å². The van der Waals surface area contributed by atoms with Crippen LogP contribution in [-0.2, 0) is 13.1 Å². The van der Waals surface area contributed by atoms with Crippen LogP contribution in [0.5, 0.6) is 11.6 Å². The molecule has 0 unspecified atom stereocenters. The Balaban J connectivity index is 1.45. The van der Waals surface area contributed by atoms with Crippen LogP contribution in [0.3, 0.4) is 0 Å². The number of aromatic nitrogens is 3. The van der Waals surface area contributed by atoms with Gasteiger partial charge in [0.15, 0.2) is 5.43 Å². The number of aryl methyl sites for hydroxylation is 1. The Bertz CT molecular complexity index is 1150. The van der Waals surface area contributed by atoms with Gasteiger partial charge in [0.25, 0.3) is 0 Å². The smallest absolute Gasteiger partial charge is 0.223 e. The second-order valence-electron chi connectivity index (χ2n) is 6.51. The fraction of sp³-hybridized carbons (Fsp3) is 0.136. The minimum Gasteiger partial charge on any atom is -0.437 e. The summed E-state index contributed by atoms with van der Waals surface area (Å²) < 4.78 is 5.87. The van der Waals surface area contributed by atoms with Crippen molar-refractivity contribution in [1.29, 1.82) is 0 Å². The molecule has 0 bridgehead atoms. The zero-order valence-electron chi connectivity index (χ0n) is 15.5. The first-order valence-electron chi connectivity index (χ1n) is 9.05. The molecule has 2 N–H and O–H groups in total. The van der Waals surface area contributed by atoms with E-state index in [1.807, 2.05) is 55.5 Å². The lowest BCUT2D eigenvalue weighted by Crippen LogP contribution is -2.16. The van der Waals surface area contributed by atoms with E-state index in [1.54, 1.807) is 18.5 Å². The molecule has 4 rings (SSSR count). The minimum absolute atomic E-state index is 0.0171. The van der Waals surface area contributed by atoms with Crippen LogP contribution in [-0.4, -0.2) is 15.0 Å². The fourth-order valence-corrected chi connectivity index (χ4v) is 2.96. The van der Waals surface area contributed by atoms with Gasteiger partial charge in [0.2, 0.25) is 5.88 Å². The molecule has 0 aliphatic rings. The van der Waals surface area contributed by atoms with E-state index in [4.69, 9.17) is 4.74 Å². The Labute approximate surface area is 162 Å². The summed E-state index contributed by atoms with van der Waals surface area (Å²) in [6.45, 7) is 3.01. The SMILES string of the molecule is Cc1ccc(Oc2ncccc2CNCc2cc(=O)c3ccccc3[nH]2)cn1. The quantitative estimate of drug-likeness (QED) is 0.539. The first-order valence-corrected chi connectivity index (χ1v) is 9.05. The molecule has 3 heterocycles. The molecule has 0 saturated carbocycles. The molecule has 0 radical (unpaired) electrons. The maximum Gasteiger partial charge on any atom is 0.223 e. The van der Waals surface area contributed by atoms with Crippen LogP contribution >= 0.6 is 0 Å². The van der Waals surface area contributed by atoms with Gasteiger partial charge in [-0.15, -0.1) is 0 Å². The van der Waals surface area contributed by atoms with Gasteiger partial charge >= 0.3 is 0 Å². The highest BCUT2D eigenvalue weighted by Crippen LogP contribution is 2.22. The lowest BCUT2D eigenvalue weighted by Gasteiger charge is -2.11. The normalized spacial score (nSPS) is 10.9. The molecule has 0 saturated heterocycles. The van der Waals surface area contributed by atoms with Crippen LogP contribution in [0.15, 0.2) is 71.8 Å². The van der Waals surface area contributed by atoms with Crippen molar-refractivity contribution in [3.05, 3.63) is 94.2 Å². The second-order valence-corrected chi connectivity index (χ2v) is 6.51. The highest BCUT2D eigenvalue weighted by atomic mass is 16.5. The van der Waals surface area contributed by atoms with Gasteiger partial charge in [0, 0.05) is 53.2 Å². The van der Waals surface area contributed by atoms with E-state index in [0.29, 0.717) is 30.1 Å². The van der Waals surface area contributed by atoms with Crippen molar-refractivity contribution in [1.82, 2.24) is 20.3 Å². The molecule has 0 aliphatic heterocycles. The number of aromatic amines is 1. The predicted molar refractivity (Wildman–Crippen MR) is 108 cm³/mol. The lowest BCUT2D eigenvalue weighted by atomic mass is 10.2. The number of para-hydroxylation sites is 1. The third-order valence-corrected chi connectivity index (χ3v) is 4.37. The molecule has 4 aromatic rings. The summed E-state index contributed by atoms with van der Waals surface area (Å²) >= 11 is 0. The van der Waals surface area contributed by atoms with Crippen molar-refractivity contribution in [3.8, 4) is 11.6 Å². The zero-order chi connectivity index (χ0) is 19.3. The third-order valence-electron chi connectivity index (χ3n) is 4.37. The average Bonchev–Trinajstić information content (AvgIpc) is 2.71. The molecule has 3 aromatic heterocycles. The summed E-state index contributed by atoms with van der Waals surface area (Å²) in [6.07, 6.45) is 3.38. The third kappa shape index (κ3) is 4.07. The molecule has 28 heavy (non-hydrogen) atoms. The van der Waals surface area contributed by atoms with Crippen molar-refractivity contribution in [2.24, 2.45) is 0 Å². The van der Waals surface area contributed by atoms with E-state index in [-0.39, 0.29) is 5.43 Å². The standard InChI is InChI=1S/C22H20N4O2/c1-15-8-9-18(14-25-15)28-22-16(5-4-10-24-22)12-23-13-17-11-21(27)19-6-2-3-7-20(19)26-17/h2-11,14,23H,12-13H2,1H3,(H,26,27). The van der Waals surface area contributed by atoms with Crippen molar-refractivity contribution < 1.29 is 4.74 Å². The Morgan fingerprint density at radius 1 is 1.04 bits per heavy atom. The minimum atomic E-state index is 0.0171. The highest BCUT2D eigenvalue weighted by Gasteiger charge is 2.07. The maximum absolute atomic E-state index is 12.2. The van der Waals surface area contributed by atoms with Crippen molar-refractivity contribution in [2.75, 3.05) is 0 Å². The number of rotatable bonds is 6. The predicted octanol–water partition coefficient (Wildman–Crippen LogP) is 3.71. The Hall–Kier alpha value is -3.51. The number of nitrogens with zero attached hydrogens (tertiary/aromatic N) is 2. The largest absolute Gasteiger partial charge is 0.437 e. The summed E-state index contributed by atoms with van der Waals surface area (Å²) in [5, 5.41) is 4.03. The van der Waals surface area contributed by atoms with Gasteiger partial charge in [-0.1, -0.05) is 18.2 Å². The lowest BCUT2D eigenvalue weighted by molar-refractivity contribution is 0.450. The summed E-state index contributed by atoms with van der Waals surface area (Å²) in [4.78, 5) is 24.1. The van der Waals surface area contributed by atoms with E-state index in [2.05, 4.69) is 20.3 Å². The summed E-state index contributed by atoms with van der Waals surface area (Å²) in [5.74, 6) is 1.18. The number of fused-ring (bicyclic) bond motifs is 1. The van der Waals surface area contributed by atoms with Gasteiger partial charge in [0.1, 0.15) is 5.75 Å². The van der Waals surface area contributed by atoms with Crippen molar-refractivity contribution >= 4 is 10.9 Å². The number of hydrogen-bond acceptors (Lipinski definition) is 5. The number of pyridine rings is 3. The number of ether oxygens (including phenoxy) is 1. The molecule has 6 heteroatoms. The van der Waals surface area contributed by atoms with Gasteiger partial charge in [-0.3, -0.25) is 9.78 Å². The molecule has 1 aromatic carbocycles.